The second-order valence-corrected chi connectivity index (χ2v) is 4.02. The van der Waals surface area contributed by atoms with E-state index in [2.05, 4.69) is 64.1 Å². The first-order chi connectivity index (χ1) is 6.66. The van der Waals surface area contributed by atoms with E-state index in [0.29, 0.717) is 11.8 Å². The van der Waals surface area contributed by atoms with Crippen molar-refractivity contribution in [2.45, 2.75) is 33.6 Å². The van der Waals surface area contributed by atoms with Crippen LogP contribution in [0, 0.1) is 5.92 Å². The summed E-state index contributed by atoms with van der Waals surface area (Å²) in [5.74, 6) is 1.23. The monoisotopic (exact) mass is 188 g/mol. The third-order valence-electron chi connectivity index (χ3n) is 3.25. The van der Waals surface area contributed by atoms with Crippen LogP contribution in [0.3, 0.4) is 0 Å². The van der Waals surface area contributed by atoms with E-state index in [1.807, 2.05) is 0 Å². The molecule has 0 aromatic heterocycles. The largest absolute Gasteiger partial charge is 0.0884 e. The Kier molecular flexibility index (Phi) is 3.94. The zero-order valence-corrected chi connectivity index (χ0v) is 9.62. The number of hydrogen-bond acceptors (Lipinski definition) is 0. The summed E-state index contributed by atoms with van der Waals surface area (Å²) in [6.45, 7) is 8.92. The molecule has 0 heterocycles. The van der Waals surface area contributed by atoms with E-state index in [-0.39, 0.29) is 0 Å². The Bertz CT molecular complexity index is 295. The van der Waals surface area contributed by atoms with E-state index < -0.39 is 0 Å². The van der Waals surface area contributed by atoms with Crippen molar-refractivity contribution in [3.05, 3.63) is 47.5 Å². The van der Waals surface area contributed by atoms with Gasteiger partial charge in [0.2, 0.25) is 0 Å². The van der Waals surface area contributed by atoms with Gasteiger partial charge in [-0.05, 0) is 31.2 Å². The first-order valence-electron chi connectivity index (χ1n) is 5.34. The minimum absolute atomic E-state index is 0.604. The first-order valence-corrected chi connectivity index (χ1v) is 5.34. The van der Waals surface area contributed by atoms with Gasteiger partial charge in [-0.2, -0.15) is 0 Å². The molecule has 0 bridgehead atoms. The molecule has 0 N–H and O–H groups in total. The Morgan fingerprint density at radius 1 is 1.14 bits per heavy atom. The summed E-state index contributed by atoms with van der Waals surface area (Å²) in [5, 5.41) is 0. The van der Waals surface area contributed by atoms with Crippen molar-refractivity contribution in [3.63, 3.8) is 0 Å². The summed E-state index contributed by atoms with van der Waals surface area (Å²) < 4.78 is 0. The molecule has 0 unspecified atom stereocenters. The molecule has 2 atom stereocenters. The molecule has 0 saturated heterocycles. The molecule has 1 aromatic rings. The van der Waals surface area contributed by atoms with E-state index in [0.717, 1.165) is 0 Å². The zero-order chi connectivity index (χ0) is 10.6. The van der Waals surface area contributed by atoms with Gasteiger partial charge in [0.05, 0.1) is 0 Å². The fourth-order valence-corrected chi connectivity index (χ4v) is 1.70. The molecule has 0 aliphatic heterocycles. The van der Waals surface area contributed by atoms with Gasteiger partial charge in [0.15, 0.2) is 0 Å². The Morgan fingerprint density at radius 2 is 1.71 bits per heavy atom. The molecule has 0 nitrogen and oxygen atoms in total. The Morgan fingerprint density at radius 3 is 2.21 bits per heavy atom. The van der Waals surface area contributed by atoms with Crippen LogP contribution >= 0.6 is 0 Å². The predicted octanol–water partition coefficient (Wildman–Crippen LogP) is 4.39. The summed E-state index contributed by atoms with van der Waals surface area (Å²) >= 11 is 0. The van der Waals surface area contributed by atoms with E-state index in [4.69, 9.17) is 0 Å². The van der Waals surface area contributed by atoms with Crippen LogP contribution in [0.15, 0.2) is 42.0 Å². The average Bonchev–Trinajstić information content (AvgIpc) is 2.27. The Balaban J connectivity index is 2.81. The van der Waals surface area contributed by atoms with Crippen LogP contribution in [-0.2, 0) is 0 Å². The molecule has 14 heavy (non-hydrogen) atoms. The Labute approximate surface area is 87.7 Å². The van der Waals surface area contributed by atoms with Crippen LogP contribution in [0.2, 0.25) is 0 Å². The van der Waals surface area contributed by atoms with Gasteiger partial charge in [-0.15, -0.1) is 0 Å². The van der Waals surface area contributed by atoms with Crippen molar-refractivity contribution in [1.82, 2.24) is 0 Å². The molecule has 0 saturated carbocycles. The zero-order valence-electron chi connectivity index (χ0n) is 9.62. The first kappa shape index (κ1) is 11.0. The second kappa shape index (κ2) is 4.99. The SMILES string of the molecule is C/C=C(/C)[C@@H](C)[C@@H](C)c1ccccc1. The van der Waals surface area contributed by atoms with Gasteiger partial charge in [-0.3, -0.25) is 0 Å². The molecule has 0 radical (unpaired) electrons. The maximum atomic E-state index is 2.30. The summed E-state index contributed by atoms with van der Waals surface area (Å²) in [6.07, 6.45) is 2.21. The summed E-state index contributed by atoms with van der Waals surface area (Å²) in [7, 11) is 0. The van der Waals surface area contributed by atoms with Gasteiger partial charge in [-0.1, -0.05) is 55.8 Å². The lowest BCUT2D eigenvalue weighted by atomic mass is 9.84. The lowest BCUT2D eigenvalue weighted by molar-refractivity contribution is 0.560. The van der Waals surface area contributed by atoms with E-state index in [9.17, 15) is 0 Å². The molecule has 0 aliphatic rings. The number of hydrogen-bond donors (Lipinski definition) is 0. The van der Waals surface area contributed by atoms with Gasteiger partial charge in [0.1, 0.15) is 0 Å². The quantitative estimate of drug-likeness (QED) is 0.617. The molecule has 76 valence electrons. The molecule has 0 spiro atoms. The van der Waals surface area contributed by atoms with Gasteiger partial charge < -0.3 is 0 Å². The van der Waals surface area contributed by atoms with Crippen molar-refractivity contribution in [2.24, 2.45) is 5.92 Å². The summed E-state index contributed by atoms with van der Waals surface area (Å²) in [4.78, 5) is 0. The van der Waals surface area contributed by atoms with E-state index >= 15 is 0 Å². The molecule has 0 fully saturated rings. The smallest absolute Gasteiger partial charge is 0.0127 e. The maximum Gasteiger partial charge on any atom is -0.0127 e. The van der Waals surface area contributed by atoms with Crippen LogP contribution in [0.5, 0.6) is 0 Å². The number of allylic oxidation sites excluding steroid dienone is 2. The minimum atomic E-state index is 0.604. The van der Waals surface area contributed by atoms with Gasteiger partial charge in [0.25, 0.3) is 0 Å². The molecule has 1 aromatic carbocycles. The average molecular weight is 188 g/mol. The lowest BCUT2D eigenvalue weighted by Gasteiger charge is -2.21. The minimum Gasteiger partial charge on any atom is -0.0884 e. The van der Waals surface area contributed by atoms with Gasteiger partial charge >= 0.3 is 0 Å². The number of benzene rings is 1. The van der Waals surface area contributed by atoms with Crippen molar-refractivity contribution in [3.8, 4) is 0 Å². The standard InChI is InChI=1S/C14H20/c1-5-11(2)12(3)13(4)14-9-7-6-8-10-14/h5-10,12-13H,1-4H3/b11-5-/t12-,13-/m1/s1. The fraction of sp³-hybridized carbons (Fsp3) is 0.429. The van der Waals surface area contributed by atoms with Gasteiger partial charge in [0, 0.05) is 0 Å². The van der Waals surface area contributed by atoms with E-state index in [1.165, 1.54) is 11.1 Å². The highest BCUT2D eigenvalue weighted by Crippen LogP contribution is 2.28. The van der Waals surface area contributed by atoms with Crippen LogP contribution in [0.1, 0.15) is 39.2 Å². The topological polar surface area (TPSA) is 0 Å². The number of rotatable bonds is 3. The molecule has 0 amide bonds. The summed E-state index contributed by atoms with van der Waals surface area (Å²) in [5.41, 5.74) is 2.91. The molecular weight excluding hydrogens is 168 g/mol. The van der Waals surface area contributed by atoms with Crippen LogP contribution in [0.25, 0.3) is 0 Å². The van der Waals surface area contributed by atoms with Crippen molar-refractivity contribution >= 4 is 0 Å². The third-order valence-corrected chi connectivity index (χ3v) is 3.25. The summed E-state index contributed by atoms with van der Waals surface area (Å²) in [6, 6.07) is 10.7. The fourth-order valence-electron chi connectivity index (χ4n) is 1.70. The highest BCUT2D eigenvalue weighted by atomic mass is 14.2. The van der Waals surface area contributed by atoms with Crippen molar-refractivity contribution in [2.75, 3.05) is 0 Å². The van der Waals surface area contributed by atoms with Crippen molar-refractivity contribution < 1.29 is 0 Å². The van der Waals surface area contributed by atoms with Gasteiger partial charge in [-0.25, -0.2) is 0 Å². The van der Waals surface area contributed by atoms with Crippen LogP contribution in [-0.4, -0.2) is 0 Å². The van der Waals surface area contributed by atoms with Crippen molar-refractivity contribution in [1.29, 1.82) is 0 Å². The molecule has 0 aliphatic carbocycles. The molecule has 0 heteroatoms. The highest BCUT2D eigenvalue weighted by molar-refractivity contribution is 5.22. The molecular formula is C14H20. The predicted molar refractivity (Wildman–Crippen MR) is 63.5 cm³/mol. The second-order valence-electron chi connectivity index (χ2n) is 4.02. The van der Waals surface area contributed by atoms with Crippen LogP contribution in [0.4, 0.5) is 0 Å². The Hall–Kier alpha value is -1.04. The third kappa shape index (κ3) is 2.47. The van der Waals surface area contributed by atoms with Crippen LogP contribution < -0.4 is 0 Å². The normalized spacial score (nSPS) is 16.4. The molecule has 1 rings (SSSR count). The lowest BCUT2D eigenvalue weighted by Crippen LogP contribution is -2.07. The highest BCUT2D eigenvalue weighted by Gasteiger charge is 2.14. The van der Waals surface area contributed by atoms with E-state index in [1.54, 1.807) is 0 Å². The maximum absolute atomic E-state index is 2.30.